The zero-order chi connectivity index (χ0) is 11.5. The van der Waals surface area contributed by atoms with Crippen molar-refractivity contribution in [1.82, 2.24) is 4.98 Å². The molecule has 0 aliphatic heterocycles. The number of nitrogens with zero attached hydrogens (tertiary/aromatic N) is 1. The maximum atomic E-state index is 12.3. The number of hydrogen-bond acceptors (Lipinski definition) is 2. The maximum Gasteiger partial charge on any atom is 0.144 e. The van der Waals surface area contributed by atoms with E-state index >= 15 is 0 Å². The van der Waals surface area contributed by atoms with Crippen LogP contribution in [0.2, 0.25) is 0 Å². The van der Waals surface area contributed by atoms with Crippen molar-refractivity contribution in [3.8, 4) is 0 Å². The third kappa shape index (κ3) is 2.16. The third-order valence-electron chi connectivity index (χ3n) is 3.79. The summed E-state index contributed by atoms with van der Waals surface area (Å²) in [5.74, 6) is 1.14. The monoisotopic (exact) mass is 217 g/mol. The Morgan fingerprint density at radius 2 is 2.25 bits per heavy atom. The second kappa shape index (κ2) is 4.77. The van der Waals surface area contributed by atoms with Crippen LogP contribution in [-0.2, 0) is 4.79 Å². The summed E-state index contributed by atoms with van der Waals surface area (Å²) < 4.78 is 0. The van der Waals surface area contributed by atoms with E-state index in [0.29, 0.717) is 11.7 Å². The highest BCUT2D eigenvalue weighted by atomic mass is 16.1. The molecule has 16 heavy (non-hydrogen) atoms. The Morgan fingerprint density at radius 3 is 2.81 bits per heavy atom. The van der Waals surface area contributed by atoms with Crippen molar-refractivity contribution in [3.05, 3.63) is 30.1 Å². The number of pyridine rings is 1. The predicted molar refractivity (Wildman–Crippen MR) is 64.2 cm³/mol. The van der Waals surface area contributed by atoms with Crippen LogP contribution in [0, 0.1) is 11.8 Å². The van der Waals surface area contributed by atoms with Crippen molar-refractivity contribution in [3.63, 3.8) is 0 Å². The molecule has 1 aliphatic carbocycles. The van der Waals surface area contributed by atoms with Crippen LogP contribution in [-0.4, -0.2) is 10.8 Å². The van der Waals surface area contributed by atoms with Gasteiger partial charge in [0.15, 0.2) is 0 Å². The van der Waals surface area contributed by atoms with Crippen LogP contribution in [0.1, 0.15) is 44.7 Å². The van der Waals surface area contributed by atoms with Gasteiger partial charge in [-0.05, 0) is 37.8 Å². The Labute approximate surface area is 97.1 Å². The fourth-order valence-corrected chi connectivity index (χ4v) is 2.67. The molecule has 0 aromatic carbocycles. The molecule has 0 bridgehead atoms. The van der Waals surface area contributed by atoms with Crippen LogP contribution >= 0.6 is 0 Å². The van der Waals surface area contributed by atoms with E-state index in [9.17, 15) is 4.79 Å². The van der Waals surface area contributed by atoms with Crippen LogP contribution in [0.3, 0.4) is 0 Å². The molecule has 1 aromatic heterocycles. The first-order chi connectivity index (χ1) is 7.70. The third-order valence-corrected chi connectivity index (χ3v) is 3.79. The molecule has 1 heterocycles. The van der Waals surface area contributed by atoms with Gasteiger partial charge >= 0.3 is 0 Å². The number of Topliss-reactive ketones (excluding diaryl/α,β-unsaturated/α-hetero) is 1. The van der Waals surface area contributed by atoms with Gasteiger partial charge in [0.25, 0.3) is 0 Å². The van der Waals surface area contributed by atoms with Gasteiger partial charge in [0.1, 0.15) is 5.78 Å². The maximum absolute atomic E-state index is 12.3. The van der Waals surface area contributed by atoms with Gasteiger partial charge in [-0.1, -0.05) is 19.4 Å². The molecule has 1 saturated carbocycles. The van der Waals surface area contributed by atoms with E-state index in [2.05, 4.69) is 11.9 Å². The summed E-state index contributed by atoms with van der Waals surface area (Å²) in [6, 6.07) is 5.78. The lowest BCUT2D eigenvalue weighted by Crippen LogP contribution is -2.22. The average molecular weight is 217 g/mol. The molecule has 2 heteroatoms. The average Bonchev–Trinajstić information content (AvgIpc) is 2.75. The Morgan fingerprint density at radius 1 is 1.44 bits per heavy atom. The molecule has 1 aromatic rings. The molecule has 0 amide bonds. The molecule has 2 rings (SSSR count). The van der Waals surface area contributed by atoms with E-state index in [-0.39, 0.29) is 11.8 Å². The molecule has 3 unspecified atom stereocenters. The summed E-state index contributed by atoms with van der Waals surface area (Å²) in [6.07, 6.45) is 5.23. The van der Waals surface area contributed by atoms with E-state index in [0.717, 1.165) is 12.1 Å². The van der Waals surface area contributed by atoms with Crippen molar-refractivity contribution < 1.29 is 4.79 Å². The van der Waals surface area contributed by atoms with Crippen molar-refractivity contribution in [2.45, 2.75) is 39.0 Å². The van der Waals surface area contributed by atoms with E-state index in [4.69, 9.17) is 0 Å². The zero-order valence-corrected chi connectivity index (χ0v) is 10.0. The largest absolute Gasteiger partial charge is 0.299 e. The summed E-state index contributed by atoms with van der Waals surface area (Å²) in [4.78, 5) is 16.6. The fraction of sp³-hybridized carbons (Fsp3) is 0.571. The SMILES string of the molecule is CC(C(=O)C1CCCC1C)c1ccccn1. The molecule has 3 atom stereocenters. The summed E-state index contributed by atoms with van der Waals surface area (Å²) in [5.41, 5.74) is 0.909. The Hall–Kier alpha value is -1.18. The molecular formula is C14H19NO. The van der Waals surface area contributed by atoms with Gasteiger partial charge in [-0.15, -0.1) is 0 Å². The van der Waals surface area contributed by atoms with Crippen LogP contribution in [0.5, 0.6) is 0 Å². The van der Waals surface area contributed by atoms with E-state index in [1.807, 2.05) is 25.1 Å². The number of aromatic nitrogens is 1. The van der Waals surface area contributed by atoms with E-state index in [1.54, 1.807) is 6.20 Å². The van der Waals surface area contributed by atoms with Gasteiger partial charge in [-0.2, -0.15) is 0 Å². The van der Waals surface area contributed by atoms with Crippen molar-refractivity contribution in [1.29, 1.82) is 0 Å². The number of carbonyl (C=O) groups is 1. The first kappa shape index (κ1) is 11.3. The summed E-state index contributed by atoms with van der Waals surface area (Å²) in [7, 11) is 0. The molecule has 86 valence electrons. The molecule has 1 fully saturated rings. The lowest BCUT2D eigenvalue weighted by molar-refractivity contribution is -0.124. The Balaban J connectivity index is 2.10. The molecule has 0 radical (unpaired) electrons. The molecule has 0 spiro atoms. The minimum absolute atomic E-state index is 0.0493. The normalized spacial score (nSPS) is 26.6. The molecule has 0 N–H and O–H groups in total. The summed E-state index contributed by atoms with van der Waals surface area (Å²) in [5, 5.41) is 0. The minimum Gasteiger partial charge on any atom is -0.299 e. The highest BCUT2D eigenvalue weighted by Crippen LogP contribution is 2.35. The van der Waals surface area contributed by atoms with Crippen molar-refractivity contribution in [2.75, 3.05) is 0 Å². The second-order valence-corrected chi connectivity index (χ2v) is 4.89. The predicted octanol–water partition coefficient (Wildman–Crippen LogP) is 3.19. The summed E-state index contributed by atoms with van der Waals surface area (Å²) in [6.45, 7) is 4.18. The van der Waals surface area contributed by atoms with Gasteiger partial charge in [0, 0.05) is 12.1 Å². The molecule has 2 nitrogen and oxygen atoms in total. The van der Waals surface area contributed by atoms with Gasteiger partial charge in [-0.25, -0.2) is 0 Å². The Kier molecular flexibility index (Phi) is 3.37. The standard InChI is InChI=1S/C14H19NO/c1-10-6-5-7-12(10)14(16)11(2)13-8-3-4-9-15-13/h3-4,8-12H,5-7H2,1-2H3. The number of hydrogen-bond donors (Lipinski definition) is 0. The smallest absolute Gasteiger partial charge is 0.144 e. The van der Waals surface area contributed by atoms with E-state index in [1.165, 1.54) is 12.8 Å². The fourth-order valence-electron chi connectivity index (χ4n) is 2.67. The Bertz CT molecular complexity index is 360. The van der Waals surface area contributed by atoms with Gasteiger partial charge in [-0.3, -0.25) is 9.78 Å². The molecule has 1 aliphatic rings. The minimum atomic E-state index is -0.0493. The molecule has 0 saturated heterocycles. The van der Waals surface area contributed by atoms with Crippen molar-refractivity contribution >= 4 is 5.78 Å². The quantitative estimate of drug-likeness (QED) is 0.778. The van der Waals surface area contributed by atoms with Gasteiger partial charge in [0.05, 0.1) is 11.6 Å². The number of carbonyl (C=O) groups excluding carboxylic acids is 1. The van der Waals surface area contributed by atoms with Crippen LogP contribution in [0.4, 0.5) is 0 Å². The lowest BCUT2D eigenvalue weighted by atomic mass is 9.85. The zero-order valence-electron chi connectivity index (χ0n) is 10.0. The molecular weight excluding hydrogens is 198 g/mol. The number of rotatable bonds is 3. The summed E-state index contributed by atoms with van der Waals surface area (Å²) >= 11 is 0. The highest BCUT2D eigenvalue weighted by Gasteiger charge is 2.33. The topological polar surface area (TPSA) is 30.0 Å². The van der Waals surface area contributed by atoms with Gasteiger partial charge in [0.2, 0.25) is 0 Å². The number of ketones is 1. The van der Waals surface area contributed by atoms with Crippen LogP contribution in [0.25, 0.3) is 0 Å². The highest BCUT2D eigenvalue weighted by molar-refractivity contribution is 5.87. The second-order valence-electron chi connectivity index (χ2n) is 4.89. The first-order valence-corrected chi connectivity index (χ1v) is 6.15. The van der Waals surface area contributed by atoms with Crippen LogP contribution in [0.15, 0.2) is 24.4 Å². The van der Waals surface area contributed by atoms with Crippen molar-refractivity contribution in [2.24, 2.45) is 11.8 Å². The van der Waals surface area contributed by atoms with E-state index < -0.39 is 0 Å². The lowest BCUT2D eigenvalue weighted by Gasteiger charge is -2.18. The van der Waals surface area contributed by atoms with Gasteiger partial charge < -0.3 is 0 Å². The van der Waals surface area contributed by atoms with Crippen LogP contribution < -0.4 is 0 Å². The first-order valence-electron chi connectivity index (χ1n) is 6.15.